The first kappa shape index (κ1) is 14.9. The highest BCUT2D eigenvalue weighted by Crippen LogP contribution is 2.43. The number of hydrogen-bond donors (Lipinski definition) is 0. The molecule has 0 amide bonds. The molecule has 4 rings (SSSR count). The molecule has 0 spiro atoms. The lowest BCUT2D eigenvalue weighted by Gasteiger charge is -2.37. The SMILES string of the molecule is Brc1ccc(CN2CCN(C[C@H]3C[C@H]4C=C[C@H]3C4)CC2)cc1. The third-order valence-corrected chi connectivity index (χ3v) is 6.22. The largest absolute Gasteiger partial charge is 0.300 e. The van der Waals surface area contributed by atoms with Crippen molar-refractivity contribution < 1.29 is 0 Å². The Hall–Kier alpha value is -0.640. The number of halogens is 1. The Kier molecular flexibility index (Phi) is 4.38. The van der Waals surface area contributed by atoms with E-state index >= 15 is 0 Å². The van der Waals surface area contributed by atoms with Crippen molar-refractivity contribution in [1.29, 1.82) is 0 Å². The normalized spacial score (nSPS) is 32.0. The molecule has 1 saturated carbocycles. The third kappa shape index (κ3) is 3.32. The zero-order chi connectivity index (χ0) is 14.9. The molecule has 1 saturated heterocycles. The zero-order valence-corrected chi connectivity index (χ0v) is 14.7. The van der Waals surface area contributed by atoms with Crippen molar-refractivity contribution in [3.63, 3.8) is 0 Å². The molecule has 1 aromatic rings. The van der Waals surface area contributed by atoms with Gasteiger partial charge >= 0.3 is 0 Å². The highest BCUT2D eigenvalue weighted by molar-refractivity contribution is 9.10. The van der Waals surface area contributed by atoms with Crippen molar-refractivity contribution >= 4 is 15.9 Å². The van der Waals surface area contributed by atoms with Gasteiger partial charge < -0.3 is 4.90 Å². The summed E-state index contributed by atoms with van der Waals surface area (Å²) >= 11 is 3.51. The Balaban J connectivity index is 1.24. The molecule has 2 nitrogen and oxygen atoms in total. The van der Waals surface area contributed by atoms with Crippen LogP contribution in [0.5, 0.6) is 0 Å². The lowest BCUT2D eigenvalue weighted by Crippen LogP contribution is -2.47. The van der Waals surface area contributed by atoms with E-state index in [1.807, 2.05) is 0 Å². The van der Waals surface area contributed by atoms with E-state index in [-0.39, 0.29) is 0 Å². The molecular weight excluding hydrogens is 336 g/mol. The summed E-state index contributed by atoms with van der Waals surface area (Å²) in [5.74, 6) is 2.74. The molecule has 1 heterocycles. The van der Waals surface area contributed by atoms with Gasteiger partial charge in [0.25, 0.3) is 0 Å². The van der Waals surface area contributed by atoms with Gasteiger partial charge in [0, 0.05) is 43.7 Å². The number of nitrogens with zero attached hydrogens (tertiary/aromatic N) is 2. The minimum atomic E-state index is 0.894. The molecule has 3 heteroatoms. The topological polar surface area (TPSA) is 6.48 Å². The van der Waals surface area contributed by atoms with E-state index in [2.05, 4.69) is 62.1 Å². The van der Waals surface area contributed by atoms with Crippen LogP contribution in [0.1, 0.15) is 18.4 Å². The van der Waals surface area contributed by atoms with Gasteiger partial charge in [-0.2, -0.15) is 0 Å². The average Bonchev–Trinajstić information content (AvgIpc) is 3.14. The molecule has 2 aliphatic carbocycles. The van der Waals surface area contributed by atoms with E-state index in [4.69, 9.17) is 0 Å². The van der Waals surface area contributed by atoms with E-state index in [1.165, 1.54) is 55.6 Å². The molecule has 1 aliphatic heterocycles. The first-order chi connectivity index (χ1) is 10.8. The van der Waals surface area contributed by atoms with Gasteiger partial charge in [-0.25, -0.2) is 0 Å². The molecule has 0 N–H and O–H groups in total. The van der Waals surface area contributed by atoms with Crippen LogP contribution in [-0.2, 0) is 6.54 Å². The fourth-order valence-electron chi connectivity index (χ4n) is 4.41. The highest BCUT2D eigenvalue weighted by Gasteiger charge is 2.36. The zero-order valence-electron chi connectivity index (χ0n) is 13.1. The Morgan fingerprint density at radius 3 is 2.27 bits per heavy atom. The smallest absolute Gasteiger partial charge is 0.0234 e. The highest BCUT2D eigenvalue weighted by atomic mass is 79.9. The Labute approximate surface area is 142 Å². The summed E-state index contributed by atoms with van der Waals surface area (Å²) in [6, 6.07) is 8.76. The minimum absolute atomic E-state index is 0.894. The molecule has 2 bridgehead atoms. The van der Waals surface area contributed by atoms with Crippen LogP contribution in [-0.4, -0.2) is 42.5 Å². The standard InChI is InChI=1S/C19H25BrN2/c20-19-5-2-15(3-6-19)13-21-7-9-22(10-8-21)14-18-12-16-1-4-17(18)11-16/h1-6,16-18H,7-14H2/t16-,17-,18+/m0/s1. The molecule has 22 heavy (non-hydrogen) atoms. The maximum absolute atomic E-state index is 3.51. The van der Waals surface area contributed by atoms with Crippen LogP contribution in [0.25, 0.3) is 0 Å². The monoisotopic (exact) mass is 360 g/mol. The van der Waals surface area contributed by atoms with Crippen molar-refractivity contribution in [3.05, 3.63) is 46.5 Å². The predicted molar refractivity (Wildman–Crippen MR) is 94.7 cm³/mol. The van der Waals surface area contributed by atoms with E-state index in [0.717, 1.165) is 24.3 Å². The minimum Gasteiger partial charge on any atom is -0.300 e. The predicted octanol–water partition coefficient (Wildman–Crippen LogP) is 3.78. The Morgan fingerprint density at radius 1 is 0.909 bits per heavy atom. The van der Waals surface area contributed by atoms with Gasteiger partial charge in [0.05, 0.1) is 0 Å². The van der Waals surface area contributed by atoms with Crippen LogP contribution < -0.4 is 0 Å². The van der Waals surface area contributed by atoms with Crippen molar-refractivity contribution in [3.8, 4) is 0 Å². The maximum atomic E-state index is 3.51. The number of hydrogen-bond acceptors (Lipinski definition) is 2. The first-order valence-corrected chi connectivity index (χ1v) is 9.43. The number of piperazine rings is 1. The van der Waals surface area contributed by atoms with Crippen LogP contribution in [0.3, 0.4) is 0 Å². The summed E-state index contributed by atoms with van der Waals surface area (Å²) < 4.78 is 1.17. The molecule has 2 fully saturated rings. The van der Waals surface area contributed by atoms with Crippen molar-refractivity contribution in [2.24, 2.45) is 17.8 Å². The summed E-state index contributed by atoms with van der Waals surface area (Å²) in [4.78, 5) is 5.30. The maximum Gasteiger partial charge on any atom is 0.0234 e. The molecule has 118 valence electrons. The van der Waals surface area contributed by atoms with E-state index in [1.54, 1.807) is 0 Å². The van der Waals surface area contributed by atoms with E-state index < -0.39 is 0 Å². The van der Waals surface area contributed by atoms with Crippen molar-refractivity contribution in [1.82, 2.24) is 9.80 Å². The fourth-order valence-corrected chi connectivity index (χ4v) is 4.68. The molecule has 1 aromatic carbocycles. The van der Waals surface area contributed by atoms with Crippen LogP contribution in [0.15, 0.2) is 40.9 Å². The first-order valence-electron chi connectivity index (χ1n) is 8.64. The van der Waals surface area contributed by atoms with Gasteiger partial charge in [0.1, 0.15) is 0 Å². The number of rotatable bonds is 4. The molecule has 0 radical (unpaired) electrons. The quantitative estimate of drug-likeness (QED) is 0.753. The molecular formula is C19H25BrN2. The molecule has 0 unspecified atom stereocenters. The lowest BCUT2D eigenvalue weighted by molar-refractivity contribution is 0.108. The van der Waals surface area contributed by atoms with E-state index in [0.29, 0.717) is 0 Å². The van der Waals surface area contributed by atoms with Gasteiger partial charge in [-0.15, -0.1) is 0 Å². The van der Waals surface area contributed by atoms with Crippen LogP contribution >= 0.6 is 15.9 Å². The Morgan fingerprint density at radius 2 is 1.64 bits per heavy atom. The van der Waals surface area contributed by atoms with Crippen LogP contribution in [0.2, 0.25) is 0 Å². The van der Waals surface area contributed by atoms with Gasteiger partial charge in [0.2, 0.25) is 0 Å². The fraction of sp³-hybridized carbons (Fsp3) is 0.579. The number of fused-ring (bicyclic) bond motifs is 2. The van der Waals surface area contributed by atoms with Crippen LogP contribution in [0.4, 0.5) is 0 Å². The summed E-state index contributed by atoms with van der Waals surface area (Å²) in [6.07, 6.45) is 7.83. The van der Waals surface area contributed by atoms with Gasteiger partial charge in [0.15, 0.2) is 0 Å². The second-order valence-corrected chi connectivity index (χ2v) is 8.16. The summed E-state index contributed by atoms with van der Waals surface area (Å²) in [6.45, 7) is 7.34. The van der Waals surface area contributed by atoms with Gasteiger partial charge in [-0.1, -0.05) is 40.2 Å². The van der Waals surface area contributed by atoms with Gasteiger partial charge in [-0.3, -0.25) is 4.90 Å². The average molecular weight is 361 g/mol. The Bertz CT molecular complexity index is 531. The second-order valence-electron chi connectivity index (χ2n) is 7.24. The second kappa shape index (κ2) is 6.46. The molecule has 3 atom stereocenters. The summed E-state index contributed by atoms with van der Waals surface area (Å²) in [5, 5.41) is 0. The number of allylic oxidation sites excluding steroid dienone is 2. The van der Waals surface area contributed by atoms with Crippen molar-refractivity contribution in [2.75, 3.05) is 32.7 Å². The molecule has 3 aliphatic rings. The lowest BCUT2D eigenvalue weighted by atomic mass is 9.93. The summed E-state index contributed by atoms with van der Waals surface area (Å²) in [5.41, 5.74) is 1.43. The van der Waals surface area contributed by atoms with Crippen molar-refractivity contribution in [2.45, 2.75) is 19.4 Å². The van der Waals surface area contributed by atoms with E-state index in [9.17, 15) is 0 Å². The van der Waals surface area contributed by atoms with Gasteiger partial charge in [-0.05, 0) is 48.3 Å². The molecule has 0 aromatic heterocycles. The summed E-state index contributed by atoms with van der Waals surface area (Å²) in [7, 11) is 0. The van der Waals surface area contributed by atoms with Crippen LogP contribution in [0, 0.1) is 17.8 Å². The third-order valence-electron chi connectivity index (χ3n) is 5.69. The number of benzene rings is 1.